The van der Waals surface area contributed by atoms with Gasteiger partial charge in [-0.1, -0.05) is 12.1 Å². The average molecular weight is 286 g/mol. The molecule has 1 aromatic heterocycles. The molecule has 0 bridgehead atoms. The van der Waals surface area contributed by atoms with Crippen LogP contribution in [0.25, 0.3) is 22.4 Å². The number of hydrogen-bond donors (Lipinski definition) is 1. The van der Waals surface area contributed by atoms with Gasteiger partial charge < -0.3 is 14.4 Å². The first kappa shape index (κ1) is 13.4. The molecule has 2 aromatic carbocycles. The quantitative estimate of drug-likeness (QED) is 0.800. The molecule has 0 radical (unpaired) electrons. The van der Waals surface area contributed by atoms with Crippen molar-refractivity contribution < 1.29 is 14.2 Å². The molecule has 0 amide bonds. The number of phenolic OH excluding ortho intramolecular Hbond substituents is 1. The number of nitrogens with zero attached hydrogens (tertiary/aromatic N) is 2. The van der Waals surface area contributed by atoms with Crippen LogP contribution in [-0.2, 0) is 6.54 Å². The number of aryl methyl sites for hydroxylation is 1. The second-order valence-corrected chi connectivity index (χ2v) is 4.64. The van der Waals surface area contributed by atoms with E-state index >= 15 is 0 Å². The summed E-state index contributed by atoms with van der Waals surface area (Å²) in [5, 5.41) is 10.3. The highest BCUT2D eigenvalue weighted by atomic mass is 19.1. The lowest BCUT2D eigenvalue weighted by Crippen LogP contribution is -1.98. The lowest BCUT2D eigenvalue weighted by molar-refractivity contribution is 0.374. The van der Waals surface area contributed by atoms with Crippen molar-refractivity contribution in [3.8, 4) is 22.9 Å². The van der Waals surface area contributed by atoms with E-state index in [0.29, 0.717) is 34.7 Å². The topological polar surface area (TPSA) is 47.3 Å². The van der Waals surface area contributed by atoms with Crippen molar-refractivity contribution in [1.29, 1.82) is 0 Å². The van der Waals surface area contributed by atoms with Crippen LogP contribution in [0.15, 0.2) is 36.4 Å². The van der Waals surface area contributed by atoms with Gasteiger partial charge in [0.1, 0.15) is 11.3 Å². The lowest BCUT2D eigenvalue weighted by atomic mass is 10.1. The summed E-state index contributed by atoms with van der Waals surface area (Å²) in [6.07, 6.45) is 0. The molecular formula is C16H15FN2O2. The summed E-state index contributed by atoms with van der Waals surface area (Å²) in [6, 6.07) is 10.0. The number of benzene rings is 2. The van der Waals surface area contributed by atoms with Crippen LogP contribution in [0.2, 0.25) is 0 Å². The van der Waals surface area contributed by atoms with Crippen LogP contribution in [0, 0.1) is 5.82 Å². The summed E-state index contributed by atoms with van der Waals surface area (Å²) in [6.45, 7) is 2.57. The van der Waals surface area contributed by atoms with Crippen LogP contribution in [-0.4, -0.2) is 21.8 Å². The third kappa shape index (κ3) is 2.01. The van der Waals surface area contributed by atoms with Crippen LogP contribution < -0.4 is 4.74 Å². The second kappa shape index (κ2) is 5.09. The first-order valence-electron chi connectivity index (χ1n) is 6.68. The molecule has 0 atom stereocenters. The van der Waals surface area contributed by atoms with Crippen LogP contribution in [0.3, 0.4) is 0 Å². The van der Waals surface area contributed by atoms with Gasteiger partial charge in [-0.2, -0.15) is 0 Å². The molecule has 1 heterocycles. The van der Waals surface area contributed by atoms with Gasteiger partial charge in [0.15, 0.2) is 17.3 Å². The lowest BCUT2D eigenvalue weighted by Gasteiger charge is -2.10. The van der Waals surface area contributed by atoms with Gasteiger partial charge in [-0.25, -0.2) is 9.37 Å². The zero-order valence-corrected chi connectivity index (χ0v) is 11.8. The van der Waals surface area contributed by atoms with Crippen molar-refractivity contribution in [2.75, 3.05) is 7.11 Å². The van der Waals surface area contributed by atoms with E-state index in [1.54, 1.807) is 24.3 Å². The fourth-order valence-electron chi connectivity index (χ4n) is 2.51. The number of halogens is 1. The largest absolute Gasteiger partial charge is 0.504 e. The monoisotopic (exact) mass is 286 g/mol. The van der Waals surface area contributed by atoms with E-state index in [0.717, 1.165) is 0 Å². The maximum absolute atomic E-state index is 13.9. The number of hydrogen-bond acceptors (Lipinski definition) is 3. The number of imidazole rings is 1. The third-order valence-corrected chi connectivity index (χ3v) is 3.51. The van der Waals surface area contributed by atoms with Crippen LogP contribution >= 0.6 is 0 Å². The van der Waals surface area contributed by atoms with E-state index in [-0.39, 0.29) is 11.6 Å². The molecular weight excluding hydrogens is 271 g/mol. The van der Waals surface area contributed by atoms with Gasteiger partial charge in [0, 0.05) is 6.54 Å². The SMILES string of the molecule is CCn1c(-c2cccc(OC)c2O)nc2c(F)cccc21. The summed E-state index contributed by atoms with van der Waals surface area (Å²) >= 11 is 0. The van der Waals surface area contributed by atoms with E-state index in [1.165, 1.54) is 13.2 Å². The third-order valence-electron chi connectivity index (χ3n) is 3.51. The molecule has 0 spiro atoms. The zero-order chi connectivity index (χ0) is 15.0. The molecule has 108 valence electrons. The minimum Gasteiger partial charge on any atom is -0.504 e. The van der Waals surface area contributed by atoms with Crippen molar-refractivity contribution in [3.63, 3.8) is 0 Å². The molecule has 0 fully saturated rings. The summed E-state index contributed by atoms with van der Waals surface area (Å²) in [5.74, 6) is 0.519. The van der Waals surface area contributed by atoms with Crippen LogP contribution in [0.1, 0.15) is 6.92 Å². The second-order valence-electron chi connectivity index (χ2n) is 4.64. The van der Waals surface area contributed by atoms with Crippen molar-refractivity contribution in [1.82, 2.24) is 9.55 Å². The molecule has 0 unspecified atom stereocenters. The molecule has 0 aliphatic rings. The molecule has 0 aliphatic heterocycles. The van der Waals surface area contributed by atoms with Crippen molar-refractivity contribution >= 4 is 11.0 Å². The zero-order valence-electron chi connectivity index (χ0n) is 11.8. The van der Waals surface area contributed by atoms with E-state index in [9.17, 15) is 9.50 Å². The Morgan fingerprint density at radius 3 is 2.71 bits per heavy atom. The molecule has 0 aliphatic carbocycles. The Balaban J connectivity index is 2.33. The van der Waals surface area contributed by atoms with Crippen LogP contribution in [0.4, 0.5) is 4.39 Å². The molecule has 0 saturated heterocycles. The Morgan fingerprint density at radius 2 is 2.00 bits per heavy atom. The van der Waals surface area contributed by atoms with Gasteiger partial charge in [0.05, 0.1) is 18.2 Å². The van der Waals surface area contributed by atoms with Crippen molar-refractivity contribution in [3.05, 3.63) is 42.2 Å². The summed E-state index contributed by atoms with van der Waals surface area (Å²) in [4.78, 5) is 4.36. The maximum atomic E-state index is 13.9. The minimum absolute atomic E-state index is 0.00501. The number of rotatable bonds is 3. The van der Waals surface area contributed by atoms with Crippen LogP contribution in [0.5, 0.6) is 11.5 Å². The standard InChI is InChI=1S/C16H15FN2O2/c1-3-19-12-8-5-7-11(17)14(12)18-16(19)10-6-4-9-13(21-2)15(10)20/h4-9,20H,3H2,1-2H3. The predicted molar refractivity (Wildman–Crippen MR) is 79.0 cm³/mol. The molecule has 0 saturated carbocycles. The first-order chi connectivity index (χ1) is 10.2. The fourth-order valence-corrected chi connectivity index (χ4v) is 2.51. The van der Waals surface area contributed by atoms with E-state index in [4.69, 9.17) is 4.74 Å². The Labute approximate surface area is 121 Å². The van der Waals surface area contributed by atoms with Gasteiger partial charge in [-0.05, 0) is 31.2 Å². The Hall–Kier alpha value is -2.56. The van der Waals surface area contributed by atoms with Gasteiger partial charge in [0.2, 0.25) is 0 Å². The first-order valence-corrected chi connectivity index (χ1v) is 6.68. The number of ether oxygens (including phenoxy) is 1. The predicted octanol–water partition coefficient (Wildman–Crippen LogP) is 3.58. The van der Waals surface area contributed by atoms with E-state index < -0.39 is 0 Å². The highest BCUT2D eigenvalue weighted by Crippen LogP contribution is 2.37. The number of aromatic hydroxyl groups is 1. The van der Waals surface area contributed by atoms with Gasteiger partial charge in [0.25, 0.3) is 0 Å². The van der Waals surface area contributed by atoms with Crippen molar-refractivity contribution in [2.45, 2.75) is 13.5 Å². The molecule has 1 N–H and O–H groups in total. The molecule has 5 heteroatoms. The normalized spacial score (nSPS) is 11.0. The smallest absolute Gasteiger partial charge is 0.168 e. The highest BCUT2D eigenvalue weighted by molar-refractivity contribution is 5.83. The maximum Gasteiger partial charge on any atom is 0.168 e. The summed E-state index contributed by atoms with van der Waals surface area (Å²) < 4.78 is 20.9. The molecule has 4 nitrogen and oxygen atoms in total. The number of fused-ring (bicyclic) bond motifs is 1. The molecule has 21 heavy (non-hydrogen) atoms. The highest BCUT2D eigenvalue weighted by Gasteiger charge is 2.18. The summed E-state index contributed by atoms with van der Waals surface area (Å²) in [7, 11) is 1.49. The minimum atomic E-state index is -0.372. The van der Waals surface area contributed by atoms with Gasteiger partial charge >= 0.3 is 0 Å². The number of methoxy groups -OCH3 is 1. The number of aromatic nitrogens is 2. The van der Waals surface area contributed by atoms with Gasteiger partial charge in [-0.3, -0.25) is 0 Å². The van der Waals surface area contributed by atoms with E-state index in [2.05, 4.69) is 4.98 Å². The Bertz CT molecular complexity index is 811. The molecule has 3 aromatic rings. The van der Waals surface area contributed by atoms with E-state index in [1.807, 2.05) is 17.6 Å². The Morgan fingerprint density at radius 1 is 1.24 bits per heavy atom. The summed E-state index contributed by atoms with van der Waals surface area (Å²) in [5.41, 5.74) is 1.53. The average Bonchev–Trinajstić information content (AvgIpc) is 2.87. The van der Waals surface area contributed by atoms with Crippen molar-refractivity contribution in [2.24, 2.45) is 0 Å². The fraction of sp³-hybridized carbons (Fsp3) is 0.188. The number of phenols is 1. The van der Waals surface area contributed by atoms with Gasteiger partial charge in [-0.15, -0.1) is 0 Å². The Kier molecular flexibility index (Phi) is 3.25. The number of para-hydroxylation sites is 2. The molecule has 3 rings (SSSR count).